The van der Waals surface area contributed by atoms with Crippen molar-refractivity contribution in [2.45, 2.75) is 0 Å². The van der Waals surface area contributed by atoms with Crippen molar-refractivity contribution < 1.29 is 19.4 Å². The molecule has 0 aliphatic rings. The first-order chi connectivity index (χ1) is 12.7. The van der Waals surface area contributed by atoms with Gasteiger partial charge in [-0.1, -0.05) is 30.3 Å². The third kappa shape index (κ3) is 4.10. The molecular weight excluding hydrogens is 332 g/mol. The molecule has 1 amide bonds. The first kappa shape index (κ1) is 17.3. The Morgan fingerprint density at radius 1 is 1.08 bits per heavy atom. The van der Waals surface area contributed by atoms with Gasteiger partial charge < -0.3 is 14.6 Å². The highest BCUT2D eigenvalue weighted by Gasteiger charge is 2.05. The summed E-state index contributed by atoms with van der Waals surface area (Å²) in [4.78, 5) is 11.8. The summed E-state index contributed by atoms with van der Waals surface area (Å²) >= 11 is 0. The maximum Gasteiger partial charge on any atom is 0.277 e. The van der Waals surface area contributed by atoms with Gasteiger partial charge in [0.05, 0.1) is 13.3 Å². The number of carbonyl (C=O) groups is 1. The Balaban J connectivity index is 1.60. The lowest BCUT2D eigenvalue weighted by Crippen LogP contribution is -2.24. The predicted octanol–water partition coefficient (Wildman–Crippen LogP) is 3.08. The summed E-state index contributed by atoms with van der Waals surface area (Å²) in [6, 6.07) is 17.9. The number of amides is 1. The number of phenols is 1. The molecule has 26 heavy (non-hydrogen) atoms. The molecule has 0 saturated carbocycles. The molecule has 3 rings (SSSR count). The fourth-order valence-corrected chi connectivity index (χ4v) is 2.44. The molecule has 0 atom stereocenters. The van der Waals surface area contributed by atoms with Gasteiger partial charge in [0, 0.05) is 5.56 Å². The van der Waals surface area contributed by atoms with Gasteiger partial charge in [0.15, 0.2) is 6.61 Å². The normalized spacial score (nSPS) is 10.8. The summed E-state index contributed by atoms with van der Waals surface area (Å²) in [5.41, 5.74) is 2.93. The van der Waals surface area contributed by atoms with Gasteiger partial charge in [-0.15, -0.1) is 0 Å². The Morgan fingerprint density at radius 3 is 2.58 bits per heavy atom. The average Bonchev–Trinajstić information content (AvgIpc) is 2.68. The number of aromatic hydroxyl groups is 1. The standard InChI is InChI=1S/C20H18N2O4/c1-25-15-7-9-16(10-8-15)26-13-20(24)22-21-12-18-17-5-3-2-4-14(17)6-11-19(18)23/h2-12,23H,13H2,1H3,(H,22,24)/b21-12+. The van der Waals surface area contributed by atoms with E-state index >= 15 is 0 Å². The van der Waals surface area contributed by atoms with Gasteiger partial charge in [-0.05, 0) is 41.1 Å². The van der Waals surface area contributed by atoms with Gasteiger partial charge >= 0.3 is 0 Å². The minimum absolute atomic E-state index is 0.0937. The lowest BCUT2D eigenvalue weighted by atomic mass is 10.0. The highest BCUT2D eigenvalue weighted by molar-refractivity contribution is 6.02. The zero-order valence-electron chi connectivity index (χ0n) is 14.2. The van der Waals surface area contributed by atoms with Gasteiger partial charge in [-0.25, -0.2) is 5.43 Å². The van der Waals surface area contributed by atoms with Crippen molar-refractivity contribution in [2.75, 3.05) is 13.7 Å². The SMILES string of the molecule is COc1ccc(OCC(=O)N/N=C/c2c(O)ccc3ccccc23)cc1. The van der Waals surface area contributed by atoms with Crippen LogP contribution in [0.3, 0.4) is 0 Å². The van der Waals surface area contributed by atoms with E-state index in [-0.39, 0.29) is 12.4 Å². The first-order valence-corrected chi connectivity index (χ1v) is 7.97. The number of ether oxygens (including phenoxy) is 2. The molecule has 0 aliphatic carbocycles. The Bertz CT molecular complexity index is 936. The van der Waals surface area contributed by atoms with E-state index in [4.69, 9.17) is 9.47 Å². The number of methoxy groups -OCH3 is 1. The molecule has 6 nitrogen and oxygen atoms in total. The number of carbonyl (C=O) groups excluding carboxylic acids is 1. The molecule has 0 bridgehead atoms. The van der Waals surface area contributed by atoms with Crippen LogP contribution >= 0.6 is 0 Å². The molecule has 2 N–H and O–H groups in total. The monoisotopic (exact) mass is 350 g/mol. The van der Waals surface area contributed by atoms with Crippen LogP contribution in [0.25, 0.3) is 10.8 Å². The van der Waals surface area contributed by atoms with Gasteiger partial charge in [0.1, 0.15) is 17.2 Å². The van der Waals surface area contributed by atoms with Crippen LogP contribution in [0.1, 0.15) is 5.56 Å². The molecule has 0 radical (unpaired) electrons. The van der Waals surface area contributed by atoms with E-state index in [1.165, 1.54) is 6.21 Å². The lowest BCUT2D eigenvalue weighted by molar-refractivity contribution is -0.123. The van der Waals surface area contributed by atoms with Crippen molar-refractivity contribution in [3.63, 3.8) is 0 Å². The molecule has 0 heterocycles. The van der Waals surface area contributed by atoms with Crippen LogP contribution in [0, 0.1) is 0 Å². The average molecular weight is 350 g/mol. The molecule has 0 saturated heterocycles. The summed E-state index contributed by atoms with van der Waals surface area (Å²) < 4.78 is 10.4. The van der Waals surface area contributed by atoms with E-state index in [2.05, 4.69) is 10.5 Å². The molecular formula is C20H18N2O4. The van der Waals surface area contributed by atoms with Crippen LogP contribution in [0.2, 0.25) is 0 Å². The molecule has 3 aromatic rings. The van der Waals surface area contributed by atoms with Crippen LogP contribution in [0.5, 0.6) is 17.2 Å². The van der Waals surface area contributed by atoms with E-state index in [9.17, 15) is 9.90 Å². The van der Waals surface area contributed by atoms with Crippen LogP contribution in [-0.2, 0) is 4.79 Å². The zero-order chi connectivity index (χ0) is 18.4. The summed E-state index contributed by atoms with van der Waals surface area (Å²) in [6.45, 7) is -0.175. The number of fused-ring (bicyclic) bond motifs is 1. The summed E-state index contributed by atoms with van der Waals surface area (Å²) in [5.74, 6) is 0.950. The van der Waals surface area contributed by atoms with Crippen molar-refractivity contribution in [3.05, 3.63) is 66.2 Å². The third-order valence-corrected chi connectivity index (χ3v) is 3.76. The second-order valence-electron chi connectivity index (χ2n) is 5.48. The van der Waals surface area contributed by atoms with Crippen molar-refractivity contribution in [1.82, 2.24) is 5.43 Å². The van der Waals surface area contributed by atoms with E-state index < -0.39 is 5.91 Å². The Hall–Kier alpha value is -3.54. The molecule has 0 aliphatic heterocycles. The Labute approximate surface area is 150 Å². The minimum Gasteiger partial charge on any atom is -0.507 e. The maximum absolute atomic E-state index is 11.8. The quantitative estimate of drug-likeness (QED) is 0.529. The smallest absolute Gasteiger partial charge is 0.277 e. The summed E-state index contributed by atoms with van der Waals surface area (Å²) in [5, 5.41) is 15.8. The number of phenolic OH excluding ortho intramolecular Hbond substituents is 1. The van der Waals surface area contributed by atoms with E-state index in [1.54, 1.807) is 37.4 Å². The fourth-order valence-electron chi connectivity index (χ4n) is 2.44. The molecule has 6 heteroatoms. The molecule has 0 unspecified atom stereocenters. The number of hydrogen-bond acceptors (Lipinski definition) is 5. The van der Waals surface area contributed by atoms with Crippen LogP contribution in [-0.4, -0.2) is 30.9 Å². The van der Waals surface area contributed by atoms with E-state index in [0.717, 1.165) is 10.8 Å². The number of benzene rings is 3. The van der Waals surface area contributed by atoms with E-state index in [0.29, 0.717) is 17.1 Å². The number of nitrogens with zero attached hydrogens (tertiary/aromatic N) is 1. The third-order valence-electron chi connectivity index (χ3n) is 3.76. The molecule has 0 spiro atoms. The lowest BCUT2D eigenvalue weighted by Gasteiger charge is -2.06. The molecule has 132 valence electrons. The Kier molecular flexibility index (Phi) is 5.34. The fraction of sp³-hybridized carbons (Fsp3) is 0.100. The molecule has 3 aromatic carbocycles. The van der Waals surface area contributed by atoms with Gasteiger partial charge in [-0.2, -0.15) is 5.10 Å². The molecule has 0 fully saturated rings. The number of hydrogen-bond donors (Lipinski definition) is 2. The second-order valence-corrected chi connectivity index (χ2v) is 5.48. The van der Waals surface area contributed by atoms with Crippen molar-refractivity contribution in [2.24, 2.45) is 5.10 Å². The van der Waals surface area contributed by atoms with Crippen molar-refractivity contribution in [1.29, 1.82) is 0 Å². The zero-order valence-corrected chi connectivity index (χ0v) is 14.2. The van der Waals surface area contributed by atoms with Crippen molar-refractivity contribution >= 4 is 22.9 Å². The van der Waals surface area contributed by atoms with Crippen LogP contribution in [0.4, 0.5) is 0 Å². The topological polar surface area (TPSA) is 80.2 Å². The largest absolute Gasteiger partial charge is 0.507 e. The number of rotatable bonds is 6. The van der Waals surface area contributed by atoms with Gasteiger partial charge in [-0.3, -0.25) is 4.79 Å². The Morgan fingerprint density at radius 2 is 1.81 bits per heavy atom. The van der Waals surface area contributed by atoms with E-state index in [1.807, 2.05) is 30.3 Å². The number of nitrogens with one attached hydrogen (secondary N) is 1. The van der Waals surface area contributed by atoms with Gasteiger partial charge in [0.2, 0.25) is 0 Å². The van der Waals surface area contributed by atoms with Crippen LogP contribution < -0.4 is 14.9 Å². The first-order valence-electron chi connectivity index (χ1n) is 7.97. The van der Waals surface area contributed by atoms with Crippen LogP contribution in [0.15, 0.2) is 65.8 Å². The predicted molar refractivity (Wildman–Crippen MR) is 99.8 cm³/mol. The second kappa shape index (κ2) is 8.02. The van der Waals surface area contributed by atoms with Crippen molar-refractivity contribution in [3.8, 4) is 17.2 Å². The maximum atomic E-state index is 11.8. The summed E-state index contributed by atoms with van der Waals surface area (Å²) in [6.07, 6.45) is 1.42. The molecule has 0 aromatic heterocycles. The number of hydrazone groups is 1. The summed E-state index contributed by atoms with van der Waals surface area (Å²) in [7, 11) is 1.58. The van der Waals surface area contributed by atoms with Gasteiger partial charge in [0.25, 0.3) is 5.91 Å². The highest BCUT2D eigenvalue weighted by atomic mass is 16.5. The minimum atomic E-state index is -0.406. The highest BCUT2D eigenvalue weighted by Crippen LogP contribution is 2.25.